The van der Waals surface area contributed by atoms with E-state index in [9.17, 15) is 0 Å². The second-order valence-corrected chi connectivity index (χ2v) is 9.03. The minimum atomic E-state index is 0.176. The minimum Gasteiger partial charge on any atom is -0.488 e. The lowest BCUT2D eigenvalue weighted by atomic mass is 9.80. The Morgan fingerprint density at radius 3 is 2.22 bits per heavy atom. The lowest BCUT2D eigenvalue weighted by Gasteiger charge is -2.26. The largest absolute Gasteiger partial charge is 0.488 e. The van der Waals surface area contributed by atoms with Gasteiger partial charge in [-0.3, -0.25) is 0 Å². The first kappa shape index (κ1) is 22.0. The highest BCUT2D eigenvalue weighted by atomic mass is 79.9. The highest BCUT2D eigenvalue weighted by Crippen LogP contribution is 2.35. The van der Waals surface area contributed by atoms with Gasteiger partial charge in [-0.2, -0.15) is 0 Å². The van der Waals surface area contributed by atoms with Crippen molar-refractivity contribution in [2.75, 3.05) is 0 Å². The molecule has 0 amide bonds. The monoisotopic (exact) mass is 430 g/mol. The lowest BCUT2D eigenvalue weighted by Crippen LogP contribution is -2.17. The summed E-state index contributed by atoms with van der Waals surface area (Å²) >= 11 is 3.64. The van der Waals surface area contributed by atoms with Gasteiger partial charge in [0.05, 0.1) is 4.47 Å². The molecule has 0 aromatic heterocycles. The van der Waals surface area contributed by atoms with Gasteiger partial charge in [0.2, 0.25) is 0 Å². The van der Waals surface area contributed by atoms with Crippen LogP contribution in [0.2, 0.25) is 0 Å². The van der Waals surface area contributed by atoms with E-state index in [-0.39, 0.29) is 5.41 Å². The molecule has 0 saturated carbocycles. The van der Waals surface area contributed by atoms with E-state index < -0.39 is 0 Å². The fourth-order valence-corrected chi connectivity index (χ4v) is 3.80. The Kier molecular flexibility index (Phi) is 9.41. The van der Waals surface area contributed by atoms with E-state index in [1.807, 2.05) is 6.07 Å². The van der Waals surface area contributed by atoms with Gasteiger partial charge in [0.15, 0.2) is 0 Å². The summed E-state index contributed by atoms with van der Waals surface area (Å²) in [5.41, 5.74) is 2.73. The maximum absolute atomic E-state index is 6.09. The molecule has 0 saturated heterocycles. The van der Waals surface area contributed by atoms with Crippen molar-refractivity contribution in [3.63, 3.8) is 0 Å². The van der Waals surface area contributed by atoms with E-state index in [0.29, 0.717) is 6.61 Å². The summed E-state index contributed by atoms with van der Waals surface area (Å²) in [7, 11) is 0. The molecule has 0 heterocycles. The maximum Gasteiger partial charge on any atom is 0.134 e. The van der Waals surface area contributed by atoms with Crippen LogP contribution in [0.4, 0.5) is 0 Å². The Balaban J connectivity index is 1.88. The molecule has 0 atom stereocenters. The van der Waals surface area contributed by atoms with Crippen molar-refractivity contribution in [3.8, 4) is 5.75 Å². The van der Waals surface area contributed by atoms with E-state index in [2.05, 4.69) is 79.2 Å². The highest BCUT2D eigenvalue weighted by Gasteiger charge is 2.21. The van der Waals surface area contributed by atoms with E-state index in [4.69, 9.17) is 4.74 Å². The summed E-state index contributed by atoms with van der Waals surface area (Å²) in [4.78, 5) is 0. The number of ether oxygens (including phenoxy) is 1. The van der Waals surface area contributed by atoms with Gasteiger partial charge >= 0.3 is 0 Å². The minimum absolute atomic E-state index is 0.176. The van der Waals surface area contributed by atoms with Crippen LogP contribution in [0.3, 0.4) is 0 Å². The van der Waals surface area contributed by atoms with Gasteiger partial charge in [-0.1, -0.05) is 102 Å². The number of hydrogen-bond acceptors (Lipinski definition) is 1. The molecule has 0 aliphatic rings. The first-order chi connectivity index (χ1) is 13.0. The van der Waals surface area contributed by atoms with Crippen LogP contribution >= 0.6 is 15.9 Å². The zero-order valence-electron chi connectivity index (χ0n) is 17.3. The molecule has 0 radical (unpaired) electrons. The van der Waals surface area contributed by atoms with Crippen molar-refractivity contribution < 1.29 is 4.74 Å². The molecule has 2 rings (SSSR count). The Hall–Kier alpha value is -1.28. The van der Waals surface area contributed by atoms with Gasteiger partial charge in [0, 0.05) is 0 Å². The molecule has 1 nitrogen and oxygen atoms in total. The van der Waals surface area contributed by atoms with Gasteiger partial charge in [-0.15, -0.1) is 0 Å². The van der Waals surface area contributed by atoms with Gasteiger partial charge in [0.25, 0.3) is 0 Å². The molecule has 0 aliphatic carbocycles. The van der Waals surface area contributed by atoms with Crippen LogP contribution in [-0.4, -0.2) is 0 Å². The van der Waals surface area contributed by atoms with Crippen molar-refractivity contribution in [2.45, 2.75) is 84.2 Å². The van der Waals surface area contributed by atoms with Gasteiger partial charge in [-0.05, 0) is 51.0 Å². The average Bonchev–Trinajstić information content (AvgIpc) is 2.67. The van der Waals surface area contributed by atoms with Crippen molar-refractivity contribution in [1.82, 2.24) is 0 Å². The number of hydrogen-bond donors (Lipinski definition) is 0. The van der Waals surface area contributed by atoms with Crippen molar-refractivity contribution in [1.29, 1.82) is 0 Å². The van der Waals surface area contributed by atoms with Gasteiger partial charge < -0.3 is 4.74 Å². The fraction of sp³-hybridized carbons (Fsp3) is 0.520. The Bertz CT molecular complexity index is 663. The molecule has 0 N–H and O–H groups in total. The van der Waals surface area contributed by atoms with E-state index >= 15 is 0 Å². The highest BCUT2D eigenvalue weighted by molar-refractivity contribution is 9.10. The van der Waals surface area contributed by atoms with E-state index in [1.165, 1.54) is 62.5 Å². The molecule has 0 aliphatic heterocycles. The fourth-order valence-electron chi connectivity index (χ4n) is 3.44. The predicted octanol–water partition coefficient (Wildman–Crippen LogP) is 8.45. The Labute approximate surface area is 174 Å². The number of benzene rings is 2. The molecule has 148 valence electrons. The van der Waals surface area contributed by atoms with Crippen LogP contribution in [0.1, 0.15) is 83.3 Å². The molecule has 2 aromatic carbocycles. The second kappa shape index (κ2) is 11.5. The molecular weight excluding hydrogens is 396 g/mol. The summed E-state index contributed by atoms with van der Waals surface area (Å²) in [6, 6.07) is 16.9. The van der Waals surface area contributed by atoms with Gasteiger partial charge in [0.1, 0.15) is 12.4 Å². The summed E-state index contributed by atoms with van der Waals surface area (Å²) in [5, 5.41) is 0. The van der Waals surface area contributed by atoms with Crippen LogP contribution in [-0.2, 0) is 12.0 Å². The average molecular weight is 431 g/mol. The predicted molar refractivity (Wildman–Crippen MR) is 121 cm³/mol. The first-order valence-electron chi connectivity index (χ1n) is 10.5. The molecule has 2 aromatic rings. The third kappa shape index (κ3) is 7.70. The number of rotatable bonds is 12. The van der Waals surface area contributed by atoms with Crippen LogP contribution in [0.15, 0.2) is 53.0 Å². The van der Waals surface area contributed by atoms with Crippen LogP contribution in [0, 0.1) is 0 Å². The molecule has 0 bridgehead atoms. The number of unbranched alkanes of at least 4 members (excludes halogenated alkanes) is 6. The van der Waals surface area contributed by atoms with Crippen LogP contribution in [0.5, 0.6) is 5.75 Å². The second-order valence-electron chi connectivity index (χ2n) is 8.17. The zero-order chi connectivity index (χ0) is 19.5. The van der Waals surface area contributed by atoms with Crippen LogP contribution < -0.4 is 4.74 Å². The normalized spacial score (nSPS) is 11.6. The van der Waals surface area contributed by atoms with Crippen LogP contribution in [0.25, 0.3) is 0 Å². The zero-order valence-corrected chi connectivity index (χ0v) is 18.9. The van der Waals surface area contributed by atoms with Crippen molar-refractivity contribution in [2.24, 2.45) is 0 Å². The standard InChI is InChI=1S/C25H35BrO/c1-4-5-6-7-8-9-13-18-25(2,3)22-16-17-23(26)24(19-22)27-20-21-14-11-10-12-15-21/h10-12,14-17,19H,4-9,13,18,20H2,1-3H3. The van der Waals surface area contributed by atoms with Gasteiger partial charge in [-0.25, -0.2) is 0 Å². The first-order valence-corrected chi connectivity index (χ1v) is 11.3. The maximum atomic E-state index is 6.09. The van der Waals surface area contributed by atoms with Crippen molar-refractivity contribution >= 4 is 15.9 Å². The van der Waals surface area contributed by atoms with E-state index in [1.54, 1.807) is 0 Å². The summed E-state index contributed by atoms with van der Waals surface area (Å²) in [6.45, 7) is 7.59. The molecule has 2 heteroatoms. The molecule has 0 spiro atoms. The topological polar surface area (TPSA) is 9.23 Å². The molecule has 0 fully saturated rings. The SMILES string of the molecule is CCCCCCCCCC(C)(C)c1ccc(Br)c(OCc2ccccc2)c1. The lowest BCUT2D eigenvalue weighted by molar-refractivity contribution is 0.303. The summed E-state index contributed by atoms with van der Waals surface area (Å²) in [5.74, 6) is 0.934. The Morgan fingerprint density at radius 1 is 0.852 bits per heavy atom. The third-order valence-electron chi connectivity index (χ3n) is 5.36. The van der Waals surface area contributed by atoms with E-state index in [0.717, 1.165) is 10.2 Å². The molecular formula is C25H35BrO. The van der Waals surface area contributed by atoms with Crippen molar-refractivity contribution in [3.05, 3.63) is 64.1 Å². The smallest absolute Gasteiger partial charge is 0.134 e. The molecule has 27 heavy (non-hydrogen) atoms. The summed E-state index contributed by atoms with van der Waals surface area (Å²) in [6.07, 6.45) is 10.7. The summed E-state index contributed by atoms with van der Waals surface area (Å²) < 4.78 is 7.11. The number of halogens is 1. The third-order valence-corrected chi connectivity index (χ3v) is 6.01. The quantitative estimate of drug-likeness (QED) is 0.306. The molecule has 0 unspecified atom stereocenters. The Morgan fingerprint density at radius 2 is 1.52 bits per heavy atom.